The molecule has 0 aliphatic heterocycles. The summed E-state index contributed by atoms with van der Waals surface area (Å²) in [5, 5.41) is 2.59. The molecule has 0 atom stereocenters. The fourth-order valence-corrected chi connectivity index (χ4v) is 2.70. The predicted octanol–water partition coefficient (Wildman–Crippen LogP) is 5.09. The fraction of sp³-hybridized carbons (Fsp3) is 0.0952. The molecule has 0 radical (unpaired) electrons. The fourth-order valence-electron chi connectivity index (χ4n) is 2.52. The van der Waals surface area contributed by atoms with Crippen LogP contribution in [0.3, 0.4) is 0 Å². The van der Waals surface area contributed by atoms with Crippen molar-refractivity contribution in [3.63, 3.8) is 0 Å². The number of rotatable bonds is 6. The number of hydrogen-bond acceptors (Lipinski definition) is 2. The third-order valence-electron chi connectivity index (χ3n) is 3.77. The summed E-state index contributed by atoms with van der Waals surface area (Å²) in [6.45, 7) is -0.152. The highest BCUT2D eigenvalue weighted by atomic mass is 35.5. The van der Waals surface area contributed by atoms with E-state index in [2.05, 4.69) is 5.32 Å². The monoisotopic (exact) mass is 369 g/mol. The van der Waals surface area contributed by atoms with Crippen LogP contribution < -0.4 is 10.1 Å². The van der Waals surface area contributed by atoms with Gasteiger partial charge in [0.25, 0.3) is 5.91 Å². The normalized spacial score (nSPS) is 10.4. The Morgan fingerprint density at radius 3 is 2.50 bits per heavy atom. The average Bonchev–Trinajstić information content (AvgIpc) is 2.65. The van der Waals surface area contributed by atoms with Gasteiger partial charge < -0.3 is 10.1 Å². The summed E-state index contributed by atoms with van der Waals surface area (Å²) in [5.74, 6) is -0.221. The molecule has 0 fully saturated rings. The van der Waals surface area contributed by atoms with E-state index in [0.29, 0.717) is 17.9 Å². The second-order valence-electron chi connectivity index (χ2n) is 5.74. The SMILES string of the molecule is O=C(COc1ccccc1Cc1ccccc1)Nc1ccc(F)c(Cl)c1. The lowest BCUT2D eigenvalue weighted by molar-refractivity contribution is -0.118. The van der Waals surface area contributed by atoms with E-state index in [0.717, 1.165) is 11.1 Å². The molecule has 3 aromatic rings. The zero-order valence-corrected chi connectivity index (χ0v) is 14.7. The van der Waals surface area contributed by atoms with Crippen molar-refractivity contribution in [2.45, 2.75) is 6.42 Å². The van der Waals surface area contributed by atoms with E-state index in [4.69, 9.17) is 16.3 Å². The van der Waals surface area contributed by atoms with Crippen molar-refractivity contribution >= 4 is 23.2 Å². The number of anilines is 1. The van der Waals surface area contributed by atoms with Crippen molar-refractivity contribution in [2.75, 3.05) is 11.9 Å². The summed E-state index contributed by atoms with van der Waals surface area (Å²) in [5.41, 5.74) is 2.58. The number of carbonyl (C=O) groups excluding carboxylic acids is 1. The molecule has 3 nitrogen and oxygen atoms in total. The van der Waals surface area contributed by atoms with Crippen LogP contribution in [0.25, 0.3) is 0 Å². The number of benzene rings is 3. The van der Waals surface area contributed by atoms with Crippen LogP contribution >= 0.6 is 11.6 Å². The summed E-state index contributed by atoms with van der Waals surface area (Å²) >= 11 is 5.71. The minimum Gasteiger partial charge on any atom is -0.483 e. The lowest BCUT2D eigenvalue weighted by atomic mass is 10.0. The van der Waals surface area contributed by atoms with Crippen LogP contribution in [0.1, 0.15) is 11.1 Å². The van der Waals surface area contributed by atoms with Gasteiger partial charge >= 0.3 is 0 Å². The first-order chi connectivity index (χ1) is 12.6. The zero-order valence-electron chi connectivity index (χ0n) is 13.9. The molecule has 1 N–H and O–H groups in total. The van der Waals surface area contributed by atoms with Crippen LogP contribution in [0.4, 0.5) is 10.1 Å². The molecule has 0 saturated carbocycles. The van der Waals surface area contributed by atoms with E-state index in [1.165, 1.54) is 18.2 Å². The van der Waals surface area contributed by atoms with Gasteiger partial charge in [0.2, 0.25) is 0 Å². The molecule has 5 heteroatoms. The summed E-state index contributed by atoms with van der Waals surface area (Å²) in [7, 11) is 0. The molecular weight excluding hydrogens is 353 g/mol. The Morgan fingerprint density at radius 2 is 1.73 bits per heavy atom. The minimum atomic E-state index is -0.532. The molecule has 0 unspecified atom stereocenters. The maximum Gasteiger partial charge on any atom is 0.262 e. The van der Waals surface area contributed by atoms with Crippen molar-refractivity contribution < 1.29 is 13.9 Å². The first kappa shape index (κ1) is 18.0. The van der Waals surface area contributed by atoms with Crippen LogP contribution in [-0.4, -0.2) is 12.5 Å². The van der Waals surface area contributed by atoms with Crippen molar-refractivity contribution in [1.29, 1.82) is 0 Å². The van der Waals surface area contributed by atoms with Crippen LogP contribution in [0.15, 0.2) is 72.8 Å². The highest BCUT2D eigenvalue weighted by Crippen LogP contribution is 2.22. The highest BCUT2D eigenvalue weighted by Gasteiger charge is 2.09. The second kappa shape index (κ2) is 8.50. The summed E-state index contributed by atoms with van der Waals surface area (Å²) in [4.78, 5) is 12.1. The minimum absolute atomic E-state index is 0.0445. The number of para-hydroxylation sites is 1. The lowest BCUT2D eigenvalue weighted by Gasteiger charge is -2.12. The quantitative estimate of drug-likeness (QED) is 0.657. The van der Waals surface area contributed by atoms with Gasteiger partial charge in [-0.2, -0.15) is 0 Å². The molecule has 1 amide bonds. The van der Waals surface area contributed by atoms with Gasteiger partial charge in [0, 0.05) is 12.1 Å². The molecule has 0 bridgehead atoms. The van der Waals surface area contributed by atoms with Crippen molar-refractivity contribution in [2.24, 2.45) is 0 Å². The summed E-state index contributed by atoms with van der Waals surface area (Å²) < 4.78 is 18.8. The molecule has 0 aromatic heterocycles. The highest BCUT2D eigenvalue weighted by molar-refractivity contribution is 6.31. The summed E-state index contributed by atoms with van der Waals surface area (Å²) in [6, 6.07) is 21.6. The molecular formula is C21H17ClFNO2. The van der Waals surface area contributed by atoms with Crippen molar-refractivity contribution in [3.8, 4) is 5.75 Å². The standard InChI is InChI=1S/C21H17ClFNO2/c22-18-13-17(10-11-19(18)23)24-21(25)14-26-20-9-5-4-8-16(20)12-15-6-2-1-3-7-15/h1-11,13H,12,14H2,(H,24,25). The van der Waals surface area contributed by atoms with Crippen molar-refractivity contribution in [3.05, 3.63) is 94.8 Å². The molecule has 0 aliphatic rings. The van der Waals surface area contributed by atoms with E-state index >= 15 is 0 Å². The van der Waals surface area contributed by atoms with E-state index in [1.54, 1.807) is 0 Å². The maximum atomic E-state index is 13.2. The number of carbonyl (C=O) groups is 1. The molecule has 0 heterocycles. The smallest absolute Gasteiger partial charge is 0.262 e. The van der Waals surface area contributed by atoms with Crippen LogP contribution in [-0.2, 0) is 11.2 Å². The van der Waals surface area contributed by atoms with Gasteiger partial charge in [-0.3, -0.25) is 4.79 Å². The van der Waals surface area contributed by atoms with Gasteiger partial charge in [0.1, 0.15) is 11.6 Å². The number of nitrogens with one attached hydrogen (secondary N) is 1. The van der Waals surface area contributed by atoms with Gasteiger partial charge in [0.15, 0.2) is 6.61 Å². The number of ether oxygens (including phenoxy) is 1. The molecule has 0 aliphatic carbocycles. The Labute approximate surface area is 156 Å². The Balaban J connectivity index is 1.62. The van der Waals surface area contributed by atoms with Gasteiger partial charge in [-0.1, -0.05) is 60.1 Å². The molecule has 132 valence electrons. The first-order valence-corrected chi connectivity index (χ1v) is 8.49. The van der Waals surface area contributed by atoms with Crippen LogP contribution in [0, 0.1) is 5.82 Å². The number of amides is 1. The summed E-state index contributed by atoms with van der Waals surface area (Å²) in [6.07, 6.45) is 0.714. The van der Waals surface area contributed by atoms with Crippen LogP contribution in [0.2, 0.25) is 5.02 Å². The molecule has 26 heavy (non-hydrogen) atoms. The maximum absolute atomic E-state index is 13.2. The topological polar surface area (TPSA) is 38.3 Å². The second-order valence-corrected chi connectivity index (χ2v) is 6.14. The van der Waals surface area contributed by atoms with E-state index < -0.39 is 5.82 Å². The van der Waals surface area contributed by atoms with E-state index in [-0.39, 0.29) is 17.5 Å². The first-order valence-electron chi connectivity index (χ1n) is 8.11. The molecule has 3 aromatic carbocycles. The predicted molar refractivity (Wildman–Crippen MR) is 101 cm³/mol. The third kappa shape index (κ3) is 4.83. The van der Waals surface area contributed by atoms with Gasteiger partial charge in [-0.15, -0.1) is 0 Å². The van der Waals surface area contributed by atoms with Gasteiger partial charge in [-0.25, -0.2) is 4.39 Å². The zero-order chi connectivity index (χ0) is 18.4. The van der Waals surface area contributed by atoms with E-state index in [1.807, 2.05) is 54.6 Å². The van der Waals surface area contributed by atoms with Gasteiger partial charge in [-0.05, 0) is 35.4 Å². The third-order valence-corrected chi connectivity index (χ3v) is 4.06. The van der Waals surface area contributed by atoms with E-state index in [9.17, 15) is 9.18 Å². The van der Waals surface area contributed by atoms with Crippen molar-refractivity contribution in [1.82, 2.24) is 0 Å². The number of hydrogen-bond donors (Lipinski definition) is 1. The van der Waals surface area contributed by atoms with Crippen LogP contribution in [0.5, 0.6) is 5.75 Å². The Bertz CT molecular complexity index is 900. The Kier molecular flexibility index (Phi) is 5.87. The average molecular weight is 370 g/mol. The largest absolute Gasteiger partial charge is 0.483 e. The Morgan fingerprint density at radius 1 is 1.00 bits per heavy atom. The van der Waals surface area contributed by atoms with Gasteiger partial charge in [0.05, 0.1) is 5.02 Å². The molecule has 0 saturated heterocycles. The molecule has 3 rings (SSSR count). The molecule has 0 spiro atoms. The number of halogens is 2. The lowest BCUT2D eigenvalue weighted by Crippen LogP contribution is -2.20. The Hall–Kier alpha value is -2.85.